The molecule has 4 nitrogen and oxygen atoms in total. The van der Waals surface area contributed by atoms with Crippen LogP contribution in [-0.2, 0) is 0 Å². The molecule has 1 aromatic carbocycles. The van der Waals surface area contributed by atoms with E-state index in [1.807, 2.05) is 25.1 Å². The van der Waals surface area contributed by atoms with Gasteiger partial charge in [0.05, 0.1) is 20.3 Å². The lowest BCUT2D eigenvalue weighted by atomic mass is 10.2. The summed E-state index contributed by atoms with van der Waals surface area (Å²) in [5.41, 5.74) is 1.04. The Morgan fingerprint density at radius 1 is 1.41 bits per heavy atom. The summed E-state index contributed by atoms with van der Waals surface area (Å²) in [6.07, 6.45) is 0. The van der Waals surface area contributed by atoms with Gasteiger partial charge in [-0.3, -0.25) is 4.99 Å². The minimum Gasteiger partial charge on any atom is -0.493 e. The average Bonchev–Trinajstić information content (AvgIpc) is 2.76. The van der Waals surface area contributed by atoms with Crippen LogP contribution in [-0.4, -0.2) is 32.1 Å². The van der Waals surface area contributed by atoms with Gasteiger partial charge in [-0.2, -0.15) is 0 Å². The SMILES string of the molecule is CCOc1cc(C2=NCC(C)N2)ccc1OC. The molecule has 0 aromatic heterocycles. The zero-order valence-electron chi connectivity index (χ0n) is 10.5. The van der Waals surface area contributed by atoms with Crippen molar-refractivity contribution < 1.29 is 9.47 Å². The summed E-state index contributed by atoms with van der Waals surface area (Å²) in [5, 5.41) is 3.33. The minimum absolute atomic E-state index is 0.405. The van der Waals surface area contributed by atoms with Crippen molar-refractivity contribution >= 4 is 5.84 Å². The third-order valence-corrected chi connectivity index (χ3v) is 2.64. The van der Waals surface area contributed by atoms with E-state index in [9.17, 15) is 0 Å². The Bertz CT molecular complexity index is 429. The molecule has 1 aromatic rings. The maximum atomic E-state index is 5.55. The van der Waals surface area contributed by atoms with Crippen LogP contribution in [0.15, 0.2) is 23.2 Å². The number of rotatable bonds is 4. The molecule has 1 heterocycles. The van der Waals surface area contributed by atoms with Crippen molar-refractivity contribution in [3.05, 3.63) is 23.8 Å². The molecule has 1 unspecified atom stereocenters. The molecule has 1 atom stereocenters. The highest BCUT2D eigenvalue weighted by molar-refractivity contribution is 6.00. The monoisotopic (exact) mass is 234 g/mol. The highest BCUT2D eigenvalue weighted by Gasteiger charge is 2.16. The summed E-state index contributed by atoms with van der Waals surface area (Å²) >= 11 is 0. The lowest BCUT2D eigenvalue weighted by molar-refractivity contribution is 0.311. The van der Waals surface area contributed by atoms with E-state index < -0.39 is 0 Å². The molecule has 1 N–H and O–H groups in total. The van der Waals surface area contributed by atoms with E-state index >= 15 is 0 Å². The Hall–Kier alpha value is -1.71. The summed E-state index contributed by atoms with van der Waals surface area (Å²) in [5.74, 6) is 2.44. The second-order valence-electron chi connectivity index (χ2n) is 4.03. The van der Waals surface area contributed by atoms with Crippen LogP contribution in [0.1, 0.15) is 19.4 Å². The third kappa shape index (κ3) is 2.52. The number of benzene rings is 1. The van der Waals surface area contributed by atoms with Crippen LogP contribution in [0.2, 0.25) is 0 Å². The number of hydrogen-bond donors (Lipinski definition) is 1. The van der Waals surface area contributed by atoms with E-state index in [0.29, 0.717) is 12.6 Å². The first-order valence-electron chi connectivity index (χ1n) is 5.86. The quantitative estimate of drug-likeness (QED) is 0.864. The van der Waals surface area contributed by atoms with Crippen LogP contribution in [0.5, 0.6) is 11.5 Å². The second-order valence-corrected chi connectivity index (χ2v) is 4.03. The molecule has 0 aliphatic carbocycles. The summed E-state index contributed by atoms with van der Waals surface area (Å²) < 4.78 is 10.8. The van der Waals surface area contributed by atoms with Crippen molar-refractivity contribution in [2.45, 2.75) is 19.9 Å². The van der Waals surface area contributed by atoms with Gasteiger partial charge >= 0.3 is 0 Å². The number of aliphatic imine (C=N–C) groups is 1. The van der Waals surface area contributed by atoms with Crippen LogP contribution in [0.25, 0.3) is 0 Å². The highest BCUT2D eigenvalue weighted by atomic mass is 16.5. The Morgan fingerprint density at radius 3 is 2.82 bits per heavy atom. The normalized spacial score (nSPS) is 18.5. The largest absolute Gasteiger partial charge is 0.493 e. The fourth-order valence-electron chi connectivity index (χ4n) is 1.82. The van der Waals surface area contributed by atoms with Crippen molar-refractivity contribution in [2.75, 3.05) is 20.3 Å². The van der Waals surface area contributed by atoms with Crippen molar-refractivity contribution in [1.29, 1.82) is 0 Å². The predicted molar refractivity (Wildman–Crippen MR) is 68.2 cm³/mol. The molecule has 1 aliphatic heterocycles. The van der Waals surface area contributed by atoms with Gasteiger partial charge in [0.25, 0.3) is 0 Å². The van der Waals surface area contributed by atoms with Gasteiger partial charge in [0, 0.05) is 11.6 Å². The smallest absolute Gasteiger partial charge is 0.161 e. The Labute approximate surface area is 102 Å². The number of hydrogen-bond acceptors (Lipinski definition) is 4. The van der Waals surface area contributed by atoms with Gasteiger partial charge in [-0.1, -0.05) is 0 Å². The van der Waals surface area contributed by atoms with Crippen LogP contribution in [0.3, 0.4) is 0 Å². The average molecular weight is 234 g/mol. The molecule has 17 heavy (non-hydrogen) atoms. The van der Waals surface area contributed by atoms with Crippen molar-refractivity contribution in [3.63, 3.8) is 0 Å². The maximum absolute atomic E-state index is 5.55. The van der Waals surface area contributed by atoms with Crippen LogP contribution < -0.4 is 14.8 Å². The van der Waals surface area contributed by atoms with E-state index in [0.717, 1.165) is 29.4 Å². The standard InChI is InChI=1S/C13H18N2O2/c1-4-17-12-7-10(5-6-11(12)16-3)13-14-8-9(2)15-13/h5-7,9H,4,8H2,1-3H3,(H,14,15). The van der Waals surface area contributed by atoms with E-state index in [1.165, 1.54) is 0 Å². The highest BCUT2D eigenvalue weighted by Crippen LogP contribution is 2.28. The summed E-state index contributed by atoms with van der Waals surface area (Å²) in [6.45, 7) is 5.52. The second kappa shape index (κ2) is 5.08. The number of nitrogens with one attached hydrogen (secondary N) is 1. The first-order chi connectivity index (χ1) is 8.24. The molecule has 1 aliphatic rings. The molecule has 92 valence electrons. The fourth-order valence-corrected chi connectivity index (χ4v) is 1.82. The first kappa shape index (κ1) is 11.8. The predicted octanol–water partition coefficient (Wildman–Crippen LogP) is 1.83. The first-order valence-corrected chi connectivity index (χ1v) is 5.86. The summed E-state index contributed by atoms with van der Waals surface area (Å²) in [4.78, 5) is 4.45. The Kier molecular flexibility index (Phi) is 3.52. The van der Waals surface area contributed by atoms with Gasteiger partial charge in [0.15, 0.2) is 11.5 Å². The minimum atomic E-state index is 0.405. The number of amidine groups is 1. The molecule has 0 radical (unpaired) electrons. The zero-order chi connectivity index (χ0) is 12.3. The molecule has 2 rings (SSSR count). The fraction of sp³-hybridized carbons (Fsp3) is 0.462. The molecule has 0 amide bonds. The van der Waals surface area contributed by atoms with E-state index in [-0.39, 0.29) is 0 Å². The molecular formula is C13H18N2O2. The molecule has 0 saturated heterocycles. The molecule has 4 heteroatoms. The molecule has 0 saturated carbocycles. The summed E-state index contributed by atoms with van der Waals surface area (Å²) in [6, 6.07) is 6.27. The number of ether oxygens (including phenoxy) is 2. The van der Waals surface area contributed by atoms with E-state index in [2.05, 4.69) is 17.2 Å². The van der Waals surface area contributed by atoms with Crippen LogP contribution in [0.4, 0.5) is 0 Å². The lowest BCUT2D eigenvalue weighted by Gasteiger charge is -2.12. The van der Waals surface area contributed by atoms with Gasteiger partial charge in [-0.25, -0.2) is 0 Å². The van der Waals surface area contributed by atoms with Crippen LogP contribution in [0, 0.1) is 0 Å². The van der Waals surface area contributed by atoms with Crippen molar-refractivity contribution in [1.82, 2.24) is 5.32 Å². The van der Waals surface area contributed by atoms with Gasteiger partial charge in [0.1, 0.15) is 5.84 Å². The Balaban J connectivity index is 2.27. The summed E-state index contributed by atoms with van der Waals surface area (Å²) in [7, 11) is 1.64. The van der Waals surface area contributed by atoms with Gasteiger partial charge < -0.3 is 14.8 Å². The maximum Gasteiger partial charge on any atom is 0.161 e. The lowest BCUT2D eigenvalue weighted by Crippen LogP contribution is -2.27. The number of methoxy groups -OCH3 is 1. The van der Waals surface area contributed by atoms with Crippen molar-refractivity contribution in [3.8, 4) is 11.5 Å². The molecule has 0 fully saturated rings. The number of nitrogens with zero attached hydrogens (tertiary/aromatic N) is 1. The van der Waals surface area contributed by atoms with Gasteiger partial charge in [-0.05, 0) is 32.0 Å². The van der Waals surface area contributed by atoms with Gasteiger partial charge in [0.2, 0.25) is 0 Å². The molecule has 0 spiro atoms. The topological polar surface area (TPSA) is 42.8 Å². The zero-order valence-corrected chi connectivity index (χ0v) is 10.5. The molecular weight excluding hydrogens is 216 g/mol. The molecule has 0 bridgehead atoms. The Morgan fingerprint density at radius 2 is 2.24 bits per heavy atom. The van der Waals surface area contributed by atoms with Crippen molar-refractivity contribution in [2.24, 2.45) is 4.99 Å². The van der Waals surface area contributed by atoms with E-state index in [4.69, 9.17) is 9.47 Å². The van der Waals surface area contributed by atoms with E-state index in [1.54, 1.807) is 7.11 Å². The van der Waals surface area contributed by atoms with Crippen LogP contribution >= 0.6 is 0 Å². The third-order valence-electron chi connectivity index (χ3n) is 2.64. The van der Waals surface area contributed by atoms with Gasteiger partial charge in [-0.15, -0.1) is 0 Å².